The molecule has 0 aliphatic carbocycles. The molecule has 0 aromatic heterocycles. The number of hydrogen-bond acceptors (Lipinski definition) is 5. The number of rotatable bonds is 5. The molecular weight excluding hydrogens is 254 g/mol. The fourth-order valence-corrected chi connectivity index (χ4v) is 2.66. The molecule has 5 heteroatoms. The first-order valence-corrected chi connectivity index (χ1v) is 6.71. The molecule has 1 aromatic carbocycles. The van der Waals surface area contributed by atoms with Crippen molar-refractivity contribution in [3.8, 4) is 6.07 Å². The number of anilines is 1. The van der Waals surface area contributed by atoms with Gasteiger partial charge in [-0.3, -0.25) is 0 Å². The van der Waals surface area contributed by atoms with E-state index in [-0.39, 0.29) is 12.2 Å². The van der Waals surface area contributed by atoms with Gasteiger partial charge in [-0.25, -0.2) is 0 Å². The normalized spacial score (nSPS) is 22.0. The molecule has 0 spiro atoms. The molecule has 0 bridgehead atoms. The van der Waals surface area contributed by atoms with E-state index < -0.39 is 0 Å². The molecule has 1 aliphatic rings. The first-order chi connectivity index (χ1) is 9.73. The second-order valence-corrected chi connectivity index (χ2v) is 4.95. The lowest BCUT2D eigenvalue weighted by atomic mass is 10.1. The van der Waals surface area contributed by atoms with E-state index in [0.717, 1.165) is 30.9 Å². The van der Waals surface area contributed by atoms with Crippen LogP contribution >= 0.6 is 0 Å². The summed E-state index contributed by atoms with van der Waals surface area (Å²) in [5.74, 6) is 0. The summed E-state index contributed by atoms with van der Waals surface area (Å²) < 4.78 is 10.9. The number of nitrogens with one attached hydrogen (secondary N) is 1. The molecule has 0 radical (unpaired) electrons. The molecule has 1 saturated heterocycles. The summed E-state index contributed by atoms with van der Waals surface area (Å²) in [6, 6.07) is 8.28. The van der Waals surface area contributed by atoms with Crippen LogP contribution in [0.15, 0.2) is 18.2 Å². The molecule has 20 heavy (non-hydrogen) atoms. The Morgan fingerprint density at radius 2 is 1.95 bits per heavy atom. The van der Waals surface area contributed by atoms with Crippen LogP contribution in [-0.2, 0) is 16.0 Å². The van der Waals surface area contributed by atoms with E-state index >= 15 is 0 Å². The summed E-state index contributed by atoms with van der Waals surface area (Å²) in [5.41, 5.74) is 2.76. The topological polar surface area (TPSA) is 57.5 Å². The zero-order valence-corrected chi connectivity index (χ0v) is 12.2. The van der Waals surface area contributed by atoms with E-state index in [1.54, 1.807) is 14.2 Å². The fourth-order valence-electron chi connectivity index (χ4n) is 2.66. The van der Waals surface area contributed by atoms with Gasteiger partial charge in [-0.05, 0) is 24.7 Å². The van der Waals surface area contributed by atoms with Gasteiger partial charge in [-0.1, -0.05) is 6.07 Å². The number of benzene rings is 1. The highest BCUT2D eigenvalue weighted by atomic mass is 16.5. The van der Waals surface area contributed by atoms with Gasteiger partial charge in [0.2, 0.25) is 0 Å². The average Bonchev–Trinajstić information content (AvgIpc) is 2.90. The molecule has 1 heterocycles. The number of ether oxygens (including phenoxy) is 2. The van der Waals surface area contributed by atoms with Gasteiger partial charge >= 0.3 is 0 Å². The van der Waals surface area contributed by atoms with Crippen molar-refractivity contribution in [3.63, 3.8) is 0 Å². The zero-order chi connectivity index (χ0) is 14.5. The highest BCUT2D eigenvalue weighted by Gasteiger charge is 2.33. The molecule has 1 N–H and O–H groups in total. The van der Waals surface area contributed by atoms with Crippen molar-refractivity contribution in [3.05, 3.63) is 29.3 Å². The molecule has 0 amide bonds. The minimum absolute atomic E-state index is 0.0449. The van der Waals surface area contributed by atoms with Crippen molar-refractivity contribution in [2.45, 2.75) is 18.8 Å². The Labute approximate surface area is 120 Å². The van der Waals surface area contributed by atoms with Gasteiger partial charge in [0.25, 0.3) is 0 Å². The van der Waals surface area contributed by atoms with Crippen LogP contribution in [0.4, 0.5) is 5.69 Å². The molecule has 2 unspecified atom stereocenters. The molecular formula is C15H21N3O2. The van der Waals surface area contributed by atoms with Crippen LogP contribution in [0.25, 0.3) is 0 Å². The standard InChI is InChI=1S/C15H21N3O2/c1-17-8-11-4-5-13(12(6-11)7-16)18-9-14(19-2)15(10-18)20-3/h4-6,14-15,17H,8-10H2,1-3H3. The largest absolute Gasteiger partial charge is 0.377 e. The van der Waals surface area contributed by atoms with E-state index in [1.807, 2.05) is 19.2 Å². The maximum absolute atomic E-state index is 9.36. The zero-order valence-electron chi connectivity index (χ0n) is 12.2. The third kappa shape index (κ3) is 2.93. The van der Waals surface area contributed by atoms with Gasteiger partial charge in [0.05, 0.1) is 11.3 Å². The molecule has 1 fully saturated rings. The summed E-state index contributed by atoms with van der Waals surface area (Å²) in [5, 5.41) is 12.5. The molecule has 2 atom stereocenters. The summed E-state index contributed by atoms with van der Waals surface area (Å²) in [6.45, 7) is 2.25. The van der Waals surface area contributed by atoms with Crippen LogP contribution in [-0.4, -0.2) is 46.6 Å². The molecule has 2 rings (SSSR count). The van der Waals surface area contributed by atoms with Gasteiger partial charge in [0, 0.05) is 33.9 Å². The van der Waals surface area contributed by atoms with Crippen LogP contribution in [0.5, 0.6) is 0 Å². The molecule has 1 aliphatic heterocycles. The lowest BCUT2D eigenvalue weighted by Crippen LogP contribution is -2.27. The van der Waals surface area contributed by atoms with Crippen molar-refractivity contribution in [2.75, 3.05) is 39.3 Å². The first kappa shape index (κ1) is 14.8. The van der Waals surface area contributed by atoms with Gasteiger partial charge in [-0.2, -0.15) is 5.26 Å². The number of nitrogens with zero attached hydrogens (tertiary/aromatic N) is 2. The minimum atomic E-state index is 0.0449. The van der Waals surface area contributed by atoms with E-state index in [0.29, 0.717) is 5.56 Å². The Hall–Kier alpha value is -1.61. The van der Waals surface area contributed by atoms with E-state index in [1.165, 1.54) is 0 Å². The SMILES string of the molecule is CNCc1ccc(N2CC(OC)C(OC)C2)c(C#N)c1. The Morgan fingerprint density at radius 3 is 2.45 bits per heavy atom. The predicted molar refractivity (Wildman–Crippen MR) is 77.7 cm³/mol. The second-order valence-electron chi connectivity index (χ2n) is 4.95. The van der Waals surface area contributed by atoms with E-state index in [9.17, 15) is 5.26 Å². The van der Waals surface area contributed by atoms with Crippen LogP contribution in [0.2, 0.25) is 0 Å². The van der Waals surface area contributed by atoms with Crippen molar-refractivity contribution < 1.29 is 9.47 Å². The summed E-state index contributed by atoms with van der Waals surface area (Å²) in [6.07, 6.45) is 0.0899. The summed E-state index contributed by atoms with van der Waals surface area (Å²) >= 11 is 0. The van der Waals surface area contributed by atoms with Crippen LogP contribution in [0.1, 0.15) is 11.1 Å². The van der Waals surface area contributed by atoms with Gasteiger partial charge in [0.1, 0.15) is 18.3 Å². The van der Waals surface area contributed by atoms with Crippen molar-refractivity contribution in [1.29, 1.82) is 5.26 Å². The van der Waals surface area contributed by atoms with Crippen LogP contribution in [0.3, 0.4) is 0 Å². The quantitative estimate of drug-likeness (QED) is 0.873. The number of hydrogen-bond donors (Lipinski definition) is 1. The third-order valence-electron chi connectivity index (χ3n) is 3.72. The maximum Gasteiger partial charge on any atom is 0.102 e. The Kier molecular flexibility index (Phi) is 4.96. The smallest absolute Gasteiger partial charge is 0.102 e. The van der Waals surface area contributed by atoms with Gasteiger partial charge < -0.3 is 19.7 Å². The Bertz CT molecular complexity index is 486. The van der Waals surface area contributed by atoms with E-state index in [2.05, 4.69) is 22.4 Å². The predicted octanol–water partition coefficient (Wildman–Crippen LogP) is 1.13. The highest BCUT2D eigenvalue weighted by molar-refractivity contribution is 5.61. The monoisotopic (exact) mass is 275 g/mol. The third-order valence-corrected chi connectivity index (χ3v) is 3.72. The Balaban J connectivity index is 2.23. The highest BCUT2D eigenvalue weighted by Crippen LogP contribution is 2.27. The fraction of sp³-hybridized carbons (Fsp3) is 0.533. The number of methoxy groups -OCH3 is 2. The number of nitriles is 1. The first-order valence-electron chi connectivity index (χ1n) is 6.71. The lowest BCUT2D eigenvalue weighted by molar-refractivity contribution is -0.00461. The molecule has 1 aromatic rings. The lowest BCUT2D eigenvalue weighted by Gasteiger charge is -2.20. The molecule has 108 valence electrons. The van der Waals surface area contributed by atoms with Gasteiger partial charge in [0.15, 0.2) is 0 Å². The Morgan fingerprint density at radius 1 is 1.30 bits per heavy atom. The minimum Gasteiger partial charge on any atom is -0.377 e. The van der Waals surface area contributed by atoms with Crippen LogP contribution < -0.4 is 10.2 Å². The van der Waals surface area contributed by atoms with Gasteiger partial charge in [-0.15, -0.1) is 0 Å². The average molecular weight is 275 g/mol. The van der Waals surface area contributed by atoms with Crippen LogP contribution in [0, 0.1) is 11.3 Å². The van der Waals surface area contributed by atoms with E-state index in [4.69, 9.17) is 9.47 Å². The van der Waals surface area contributed by atoms with Crippen molar-refractivity contribution in [1.82, 2.24) is 5.32 Å². The summed E-state index contributed by atoms with van der Waals surface area (Å²) in [4.78, 5) is 2.16. The van der Waals surface area contributed by atoms with Crippen molar-refractivity contribution in [2.24, 2.45) is 0 Å². The van der Waals surface area contributed by atoms with Crippen molar-refractivity contribution >= 4 is 5.69 Å². The maximum atomic E-state index is 9.36. The molecule has 0 saturated carbocycles. The second kappa shape index (κ2) is 6.71. The summed E-state index contributed by atoms with van der Waals surface area (Å²) in [7, 11) is 5.29. The molecule has 5 nitrogen and oxygen atoms in total.